The molecule has 0 spiro atoms. The first-order valence-electron chi connectivity index (χ1n) is 7.65. The Balaban J connectivity index is 2.25. The first-order valence-corrected chi connectivity index (χ1v) is 7.65. The highest BCUT2D eigenvalue weighted by Crippen LogP contribution is 2.52. The Morgan fingerprint density at radius 2 is 1.37 bits per heavy atom. The van der Waals surface area contributed by atoms with Gasteiger partial charge in [0.2, 0.25) is 0 Å². The number of nitrogens with one attached hydrogen (secondary N) is 2. The highest BCUT2D eigenvalue weighted by Gasteiger charge is 2.73. The number of para-hydroxylation sites is 1. The summed E-state index contributed by atoms with van der Waals surface area (Å²) >= 11 is 0. The van der Waals surface area contributed by atoms with Crippen LogP contribution in [0.4, 0.5) is 26.3 Å². The third kappa shape index (κ3) is 3.02. The van der Waals surface area contributed by atoms with E-state index in [1.807, 2.05) is 0 Å². The van der Waals surface area contributed by atoms with Crippen molar-refractivity contribution < 1.29 is 31.1 Å². The Bertz CT molecular complexity index is 945. The lowest BCUT2D eigenvalue weighted by atomic mass is 9.87. The molecule has 27 heavy (non-hydrogen) atoms. The van der Waals surface area contributed by atoms with Gasteiger partial charge in [0.05, 0.1) is 0 Å². The van der Waals surface area contributed by atoms with E-state index >= 15 is 0 Å². The summed E-state index contributed by atoms with van der Waals surface area (Å²) in [5, 5.41) is 0.921. The maximum absolute atomic E-state index is 13.9. The van der Waals surface area contributed by atoms with E-state index in [1.165, 1.54) is 41.7 Å². The molecule has 0 radical (unpaired) electrons. The fourth-order valence-corrected chi connectivity index (χ4v) is 2.89. The zero-order valence-electron chi connectivity index (χ0n) is 13.4. The molecule has 1 aromatic heterocycles. The number of alkyl halides is 6. The first kappa shape index (κ1) is 18.8. The number of benzene rings is 2. The molecule has 0 unspecified atom stereocenters. The number of aromatic amines is 1. The number of hydrogen-bond acceptors (Lipinski definition) is 1. The van der Waals surface area contributed by atoms with E-state index in [9.17, 15) is 31.1 Å². The van der Waals surface area contributed by atoms with Crippen molar-refractivity contribution in [3.63, 3.8) is 0 Å². The predicted molar refractivity (Wildman–Crippen MR) is 86.0 cm³/mol. The predicted octanol–water partition coefficient (Wildman–Crippen LogP) is 4.92. The number of fused-ring (bicyclic) bond motifs is 1. The van der Waals surface area contributed by atoms with Crippen LogP contribution in [0, 0.1) is 0 Å². The molecule has 3 nitrogen and oxygen atoms in total. The molecule has 1 heterocycles. The van der Waals surface area contributed by atoms with Gasteiger partial charge in [0.15, 0.2) is 0 Å². The van der Waals surface area contributed by atoms with Gasteiger partial charge in [-0.3, -0.25) is 4.79 Å². The average molecular weight is 386 g/mol. The number of H-pyrrole nitrogens is 1. The second kappa shape index (κ2) is 6.33. The molecule has 142 valence electrons. The molecule has 3 rings (SSSR count). The van der Waals surface area contributed by atoms with Gasteiger partial charge in [-0.05, 0) is 18.2 Å². The Kier molecular flexibility index (Phi) is 4.41. The molecule has 9 heteroatoms. The van der Waals surface area contributed by atoms with Crippen molar-refractivity contribution in [2.45, 2.75) is 17.9 Å². The molecule has 0 bridgehead atoms. The van der Waals surface area contributed by atoms with Gasteiger partial charge in [0.25, 0.3) is 11.4 Å². The molecule has 2 N–H and O–H groups in total. The number of hydrogen-bond donors (Lipinski definition) is 2. The van der Waals surface area contributed by atoms with Gasteiger partial charge in [-0.2, -0.15) is 26.3 Å². The van der Waals surface area contributed by atoms with E-state index in [0.29, 0.717) is 6.20 Å². The van der Waals surface area contributed by atoms with Gasteiger partial charge < -0.3 is 10.3 Å². The van der Waals surface area contributed by atoms with Crippen LogP contribution in [0.25, 0.3) is 10.9 Å². The van der Waals surface area contributed by atoms with Crippen LogP contribution in [0.5, 0.6) is 0 Å². The third-order valence-corrected chi connectivity index (χ3v) is 4.18. The summed E-state index contributed by atoms with van der Waals surface area (Å²) in [4.78, 5) is 14.7. The molecular weight excluding hydrogens is 374 g/mol. The second-order valence-electron chi connectivity index (χ2n) is 5.81. The minimum absolute atomic E-state index is 0.0827. The number of carbonyl (C=O) groups excluding carboxylic acids is 1. The average Bonchev–Trinajstić information content (AvgIpc) is 3.02. The summed E-state index contributed by atoms with van der Waals surface area (Å²) < 4.78 is 83.3. The van der Waals surface area contributed by atoms with Gasteiger partial charge in [0, 0.05) is 28.2 Å². The summed E-state index contributed by atoms with van der Waals surface area (Å²) in [5.74, 6) is -1.49. The lowest BCUT2D eigenvalue weighted by molar-refractivity contribution is -0.309. The van der Waals surface area contributed by atoms with Gasteiger partial charge in [-0.15, -0.1) is 0 Å². The molecule has 2 aromatic carbocycles. The molecule has 0 fully saturated rings. The van der Waals surface area contributed by atoms with Crippen molar-refractivity contribution in [1.82, 2.24) is 10.3 Å². The molecule has 1 amide bonds. The molecule has 3 aromatic rings. The molecule has 0 saturated heterocycles. The Labute approximate surface area is 149 Å². The Morgan fingerprint density at radius 3 is 1.96 bits per heavy atom. The van der Waals surface area contributed by atoms with Crippen LogP contribution in [-0.4, -0.2) is 23.2 Å². The second-order valence-corrected chi connectivity index (χ2v) is 5.81. The zero-order valence-corrected chi connectivity index (χ0v) is 13.4. The fraction of sp³-hybridized carbons (Fsp3) is 0.167. The molecule has 0 atom stereocenters. The fourth-order valence-electron chi connectivity index (χ4n) is 2.89. The van der Waals surface area contributed by atoms with E-state index in [-0.39, 0.29) is 16.5 Å². The van der Waals surface area contributed by atoms with Crippen molar-refractivity contribution in [2.24, 2.45) is 0 Å². The molecule has 0 aliphatic heterocycles. The summed E-state index contributed by atoms with van der Waals surface area (Å²) in [6.45, 7) is 0. The highest BCUT2D eigenvalue weighted by molar-refractivity contribution is 5.95. The standard InChI is InChI=1S/C18H12F6N2O/c19-17(20,21)16(18(22,23)24,26-15(27)11-6-2-1-3-7-11)13-10-25-14-9-5-4-8-12(13)14/h1-10,25H,(H,26,27). The Morgan fingerprint density at radius 1 is 0.815 bits per heavy atom. The van der Waals surface area contributed by atoms with Crippen LogP contribution in [0.2, 0.25) is 0 Å². The van der Waals surface area contributed by atoms with Crippen LogP contribution < -0.4 is 5.32 Å². The van der Waals surface area contributed by atoms with Gasteiger partial charge >= 0.3 is 12.4 Å². The van der Waals surface area contributed by atoms with E-state index in [1.54, 1.807) is 0 Å². The maximum atomic E-state index is 13.9. The summed E-state index contributed by atoms with van der Waals surface area (Å²) in [7, 11) is 0. The molecule has 0 aliphatic rings. The van der Waals surface area contributed by atoms with Gasteiger partial charge in [-0.25, -0.2) is 0 Å². The summed E-state index contributed by atoms with van der Waals surface area (Å²) in [5.41, 5.74) is -5.94. The van der Waals surface area contributed by atoms with Crippen molar-refractivity contribution in [3.8, 4) is 0 Å². The van der Waals surface area contributed by atoms with Crippen LogP contribution in [-0.2, 0) is 5.54 Å². The first-order chi connectivity index (χ1) is 12.6. The zero-order chi connectivity index (χ0) is 19.9. The quantitative estimate of drug-likeness (QED) is 0.617. The smallest absolute Gasteiger partial charge is 0.361 e. The number of halogens is 6. The molecular formula is C18H12F6N2O. The molecule has 0 aliphatic carbocycles. The van der Waals surface area contributed by atoms with Crippen molar-refractivity contribution >= 4 is 16.8 Å². The molecule has 0 saturated carbocycles. The summed E-state index contributed by atoms with van der Waals surface area (Å²) in [6, 6.07) is 11.7. The Hall–Kier alpha value is -2.97. The number of carbonyl (C=O) groups is 1. The number of amides is 1. The largest absolute Gasteiger partial charge is 0.424 e. The topological polar surface area (TPSA) is 44.9 Å². The lowest BCUT2D eigenvalue weighted by Crippen LogP contribution is -2.64. The van der Waals surface area contributed by atoms with E-state index in [2.05, 4.69) is 4.98 Å². The van der Waals surface area contributed by atoms with Crippen LogP contribution in [0.3, 0.4) is 0 Å². The number of aromatic nitrogens is 1. The normalized spacial score (nSPS) is 13.0. The number of rotatable bonds is 3. The van der Waals surface area contributed by atoms with Crippen molar-refractivity contribution in [3.05, 3.63) is 71.9 Å². The van der Waals surface area contributed by atoms with E-state index in [4.69, 9.17) is 0 Å². The van der Waals surface area contributed by atoms with Crippen molar-refractivity contribution in [2.75, 3.05) is 0 Å². The minimum atomic E-state index is -5.85. The lowest BCUT2D eigenvalue weighted by Gasteiger charge is -2.37. The monoisotopic (exact) mass is 386 g/mol. The van der Waals surface area contributed by atoms with Crippen molar-refractivity contribution in [1.29, 1.82) is 0 Å². The van der Waals surface area contributed by atoms with E-state index in [0.717, 1.165) is 18.2 Å². The van der Waals surface area contributed by atoms with Crippen LogP contribution in [0.15, 0.2) is 60.8 Å². The van der Waals surface area contributed by atoms with Gasteiger partial charge in [0.1, 0.15) is 0 Å². The van der Waals surface area contributed by atoms with Crippen LogP contribution in [0.1, 0.15) is 15.9 Å². The third-order valence-electron chi connectivity index (χ3n) is 4.18. The maximum Gasteiger partial charge on any atom is 0.424 e. The SMILES string of the molecule is O=C(NC(c1c[nH]c2ccccc12)(C(F)(F)F)C(F)(F)F)c1ccccc1. The van der Waals surface area contributed by atoms with Crippen LogP contribution >= 0.6 is 0 Å². The van der Waals surface area contributed by atoms with Gasteiger partial charge in [-0.1, -0.05) is 36.4 Å². The van der Waals surface area contributed by atoms with E-state index < -0.39 is 29.4 Å². The minimum Gasteiger partial charge on any atom is -0.361 e. The summed E-state index contributed by atoms with van der Waals surface area (Å²) in [6.07, 6.45) is -11.1. The highest BCUT2D eigenvalue weighted by atomic mass is 19.4.